The Morgan fingerprint density at radius 2 is 1.85 bits per heavy atom. The first kappa shape index (κ1) is 17.7. The fourth-order valence-electron chi connectivity index (χ4n) is 6.52. The van der Waals surface area contributed by atoms with Gasteiger partial charge in [0.1, 0.15) is 0 Å². The average molecular weight is 388 g/mol. The van der Waals surface area contributed by atoms with Crippen molar-refractivity contribution in [1.82, 2.24) is 15.5 Å². The second-order valence-corrected chi connectivity index (χ2v) is 10.4. The lowest BCUT2D eigenvalue weighted by Crippen LogP contribution is -2.62. The number of urea groups is 1. The summed E-state index contributed by atoms with van der Waals surface area (Å²) >= 11 is 1.80. The van der Waals surface area contributed by atoms with Crippen molar-refractivity contribution >= 4 is 23.3 Å². The van der Waals surface area contributed by atoms with Crippen LogP contribution in [0.1, 0.15) is 55.9 Å². The highest BCUT2D eigenvalue weighted by molar-refractivity contribution is 7.10. The summed E-state index contributed by atoms with van der Waals surface area (Å²) in [5, 5.41) is 8.00. The topological polar surface area (TPSA) is 61.4 Å². The zero-order chi connectivity index (χ0) is 18.6. The first-order valence-corrected chi connectivity index (χ1v) is 11.3. The van der Waals surface area contributed by atoms with Crippen LogP contribution in [0.4, 0.5) is 4.79 Å². The lowest BCUT2D eigenvalue weighted by atomic mass is 9.53. The van der Waals surface area contributed by atoms with E-state index >= 15 is 0 Å². The zero-order valence-electron chi connectivity index (χ0n) is 16.0. The van der Waals surface area contributed by atoms with Crippen molar-refractivity contribution < 1.29 is 9.59 Å². The molecule has 5 nitrogen and oxygen atoms in total. The molecule has 0 saturated heterocycles. The monoisotopic (exact) mass is 387 g/mol. The smallest absolute Gasteiger partial charge is 0.321 e. The SMILES string of the molecule is C[C@H](C(=O)NC(=O)NC12CC3CC(CC(C3)C1)C2)N1CCc2sccc2C1. The molecule has 3 amide bonds. The van der Waals surface area contributed by atoms with Crippen molar-refractivity contribution in [2.45, 2.75) is 70.0 Å². The second kappa shape index (κ2) is 6.59. The molecular weight excluding hydrogens is 358 g/mol. The maximum Gasteiger partial charge on any atom is 0.321 e. The van der Waals surface area contributed by atoms with Gasteiger partial charge >= 0.3 is 6.03 Å². The summed E-state index contributed by atoms with van der Waals surface area (Å²) in [5.41, 5.74) is 1.27. The molecule has 2 heterocycles. The maximum atomic E-state index is 12.7. The third kappa shape index (κ3) is 3.31. The van der Waals surface area contributed by atoms with Crippen LogP contribution >= 0.6 is 11.3 Å². The molecule has 0 spiro atoms. The van der Waals surface area contributed by atoms with Gasteiger partial charge in [0.15, 0.2) is 0 Å². The van der Waals surface area contributed by atoms with Gasteiger partial charge in [0, 0.05) is 23.5 Å². The van der Waals surface area contributed by atoms with Gasteiger partial charge in [-0.3, -0.25) is 15.0 Å². The molecule has 1 aromatic heterocycles. The molecule has 1 aliphatic heterocycles. The van der Waals surface area contributed by atoms with Gasteiger partial charge in [-0.05, 0) is 86.6 Å². The lowest BCUT2D eigenvalue weighted by molar-refractivity contribution is -0.125. The first-order valence-electron chi connectivity index (χ1n) is 10.4. The summed E-state index contributed by atoms with van der Waals surface area (Å²) in [6.07, 6.45) is 8.33. The van der Waals surface area contributed by atoms with Gasteiger partial charge in [-0.1, -0.05) is 0 Å². The highest BCUT2D eigenvalue weighted by Gasteiger charge is 2.51. The average Bonchev–Trinajstić information content (AvgIpc) is 3.06. The van der Waals surface area contributed by atoms with Gasteiger partial charge in [-0.25, -0.2) is 4.79 Å². The molecule has 0 unspecified atom stereocenters. The Labute approximate surface area is 164 Å². The molecular formula is C21H29N3O2S. The molecule has 1 atom stereocenters. The van der Waals surface area contributed by atoms with Crippen molar-refractivity contribution in [3.8, 4) is 0 Å². The Morgan fingerprint density at radius 1 is 1.19 bits per heavy atom. The van der Waals surface area contributed by atoms with Gasteiger partial charge in [-0.2, -0.15) is 0 Å². The number of imide groups is 1. The Hall–Kier alpha value is -1.40. The quantitative estimate of drug-likeness (QED) is 0.837. The molecule has 0 radical (unpaired) electrons. The van der Waals surface area contributed by atoms with E-state index in [0.717, 1.165) is 56.5 Å². The predicted octanol–water partition coefficient (Wildman–Crippen LogP) is 3.29. The molecule has 4 fully saturated rings. The third-order valence-electron chi connectivity index (χ3n) is 7.42. The number of thiophene rings is 1. The molecule has 4 aliphatic carbocycles. The lowest BCUT2D eigenvalue weighted by Gasteiger charge is -2.56. The Morgan fingerprint density at radius 3 is 2.52 bits per heavy atom. The first-order chi connectivity index (χ1) is 13.0. The summed E-state index contributed by atoms with van der Waals surface area (Å²) in [6.45, 7) is 3.58. The van der Waals surface area contributed by atoms with E-state index in [1.54, 1.807) is 11.3 Å². The molecule has 6 rings (SSSR count). The molecule has 5 aliphatic rings. The Kier molecular flexibility index (Phi) is 4.32. The highest BCUT2D eigenvalue weighted by atomic mass is 32.1. The number of hydrogen-bond donors (Lipinski definition) is 2. The van der Waals surface area contributed by atoms with Gasteiger partial charge in [0.05, 0.1) is 6.04 Å². The van der Waals surface area contributed by atoms with Crippen LogP contribution < -0.4 is 10.6 Å². The molecule has 146 valence electrons. The number of carbonyl (C=O) groups excluding carboxylic acids is 2. The summed E-state index contributed by atoms with van der Waals surface area (Å²) in [6, 6.07) is 1.57. The van der Waals surface area contributed by atoms with Crippen LogP contribution in [0.5, 0.6) is 0 Å². The van der Waals surface area contributed by atoms with Gasteiger partial charge in [0.2, 0.25) is 5.91 Å². The van der Waals surface area contributed by atoms with Crippen molar-refractivity contribution in [3.05, 3.63) is 21.9 Å². The number of nitrogens with zero attached hydrogens (tertiary/aromatic N) is 1. The number of amides is 3. The van der Waals surface area contributed by atoms with Crippen molar-refractivity contribution in [2.24, 2.45) is 17.8 Å². The minimum Gasteiger partial charge on any atom is -0.332 e. The molecule has 0 aromatic carbocycles. The predicted molar refractivity (Wildman–Crippen MR) is 105 cm³/mol. The summed E-state index contributed by atoms with van der Waals surface area (Å²) < 4.78 is 0. The van der Waals surface area contributed by atoms with Gasteiger partial charge in [0.25, 0.3) is 0 Å². The van der Waals surface area contributed by atoms with E-state index in [1.807, 2.05) is 6.92 Å². The van der Waals surface area contributed by atoms with Crippen molar-refractivity contribution in [2.75, 3.05) is 6.54 Å². The van der Waals surface area contributed by atoms with E-state index in [2.05, 4.69) is 27.0 Å². The van der Waals surface area contributed by atoms with Crippen LogP contribution in [0.2, 0.25) is 0 Å². The molecule has 6 heteroatoms. The number of rotatable bonds is 3. The highest BCUT2D eigenvalue weighted by Crippen LogP contribution is 2.55. The molecule has 1 aromatic rings. The number of hydrogen-bond acceptors (Lipinski definition) is 4. The largest absolute Gasteiger partial charge is 0.332 e. The van der Waals surface area contributed by atoms with Gasteiger partial charge in [-0.15, -0.1) is 11.3 Å². The second-order valence-electron chi connectivity index (χ2n) is 9.41. The normalized spacial score (nSPS) is 35.5. The maximum absolute atomic E-state index is 12.7. The molecule has 27 heavy (non-hydrogen) atoms. The number of carbonyl (C=O) groups is 2. The Bertz CT molecular complexity index is 723. The fraction of sp³-hybridized carbons (Fsp3) is 0.714. The van der Waals surface area contributed by atoms with Crippen LogP contribution in [-0.2, 0) is 17.8 Å². The minimum atomic E-state index is -0.292. The van der Waals surface area contributed by atoms with E-state index in [-0.39, 0.29) is 23.5 Å². The van der Waals surface area contributed by atoms with E-state index in [1.165, 1.54) is 29.7 Å². The van der Waals surface area contributed by atoms with Crippen LogP contribution in [0.15, 0.2) is 11.4 Å². The van der Waals surface area contributed by atoms with E-state index in [9.17, 15) is 9.59 Å². The zero-order valence-corrected chi connectivity index (χ0v) is 16.8. The summed E-state index contributed by atoms with van der Waals surface area (Å²) in [7, 11) is 0. The number of fused-ring (bicyclic) bond motifs is 1. The van der Waals surface area contributed by atoms with Crippen LogP contribution in [0.25, 0.3) is 0 Å². The minimum absolute atomic E-state index is 0.0565. The van der Waals surface area contributed by atoms with Crippen LogP contribution in [0.3, 0.4) is 0 Å². The fourth-order valence-corrected chi connectivity index (χ4v) is 7.41. The van der Waals surface area contributed by atoms with Gasteiger partial charge < -0.3 is 5.32 Å². The summed E-state index contributed by atoms with van der Waals surface area (Å²) in [5.74, 6) is 2.15. The Balaban J connectivity index is 1.18. The molecule has 4 saturated carbocycles. The molecule has 2 N–H and O–H groups in total. The standard InChI is InChI=1S/C21H29N3O2S/c1-13(24-4-2-18-17(12-24)3-5-27-18)19(25)22-20(26)23-21-9-14-6-15(10-21)8-16(7-14)11-21/h3,5,13-16H,2,4,6-12H2,1H3,(H2,22,23,25,26)/t13-,14?,15?,16?,21?/m1/s1. The third-order valence-corrected chi connectivity index (χ3v) is 8.44. The van der Waals surface area contributed by atoms with Crippen LogP contribution in [-0.4, -0.2) is 35.0 Å². The van der Waals surface area contributed by atoms with E-state index in [0.29, 0.717) is 0 Å². The number of nitrogens with one attached hydrogen (secondary N) is 2. The summed E-state index contributed by atoms with van der Waals surface area (Å²) in [4.78, 5) is 28.9. The molecule has 4 bridgehead atoms. The van der Waals surface area contributed by atoms with Crippen molar-refractivity contribution in [3.63, 3.8) is 0 Å². The van der Waals surface area contributed by atoms with E-state index < -0.39 is 0 Å². The van der Waals surface area contributed by atoms with Crippen LogP contribution in [0, 0.1) is 17.8 Å². The van der Waals surface area contributed by atoms with E-state index in [4.69, 9.17) is 0 Å². The van der Waals surface area contributed by atoms with Crippen molar-refractivity contribution in [1.29, 1.82) is 0 Å².